The Balaban J connectivity index is 0.000000203. The van der Waals surface area contributed by atoms with E-state index in [4.69, 9.17) is 15.5 Å². The molecule has 2 N–H and O–H groups in total. The molecule has 1 heterocycles. The molecule has 0 aliphatic rings. The Labute approximate surface area is 162 Å². The van der Waals surface area contributed by atoms with E-state index in [2.05, 4.69) is 36.3 Å². The van der Waals surface area contributed by atoms with Crippen LogP contribution >= 0.6 is 0 Å². The Morgan fingerprint density at radius 2 is 1.54 bits per heavy atom. The molecule has 0 saturated carbocycles. The average molecular weight is 377 g/mol. The van der Waals surface area contributed by atoms with Gasteiger partial charge in [0.1, 0.15) is 6.07 Å². The molecule has 0 spiro atoms. The molecule has 28 heavy (non-hydrogen) atoms. The lowest BCUT2D eigenvalue weighted by atomic mass is 10.1. The topological polar surface area (TPSA) is 116 Å². The van der Waals surface area contributed by atoms with E-state index >= 15 is 0 Å². The van der Waals surface area contributed by atoms with Crippen LogP contribution in [-0.4, -0.2) is 31.9 Å². The van der Waals surface area contributed by atoms with Crippen LogP contribution in [0, 0.1) is 25.2 Å². The highest BCUT2D eigenvalue weighted by Crippen LogP contribution is 2.09. The second-order valence-electron chi connectivity index (χ2n) is 6.19. The molecule has 0 bridgehead atoms. The van der Waals surface area contributed by atoms with Crippen LogP contribution in [0.1, 0.15) is 43.1 Å². The van der Waals surface area contributed by atoms with Gasteiger partial charge in [0, 0.05) is 6.20 Å². The predicted octanol–water partition coefficient (Wildman–Crippen LogP) is 3.50. The molecule has 7 heteroatoms. The molecular formula is C21H19N3O4. The SMILES string of the molecule is Cc1cc(C(=O)O)cc(C(=O)O)c1.Cc1ccc(Cn2ccc(C#N)n2)cc1. The number of aryl methyl sites for hydroxylation is 2. The van der Waals surface area contributed by atoms with Gasteiger partial charge in [0.15, 0.2) is 5.69 Å². The molecule has 3 rings (SSSR count). The zero-order valence-electron chi connectivity index (χ0n) is 15.5. The minimum absolute atomic E-state index is 0.00241. The van der Waals surface area contributed by atoms with Crippen molar-refractivity contribution in [3.05, 3.63) is 88.2 Å². The number of aromatic nitrogens is 2. The number of hydrogen-bond donors (Lipinski definition) is 2. The molecule has 0 amide bonds. The minimum atomic E-state index is -1.12. The summed E-state index contributed by atoms with van der Waals surface area (Å²) >= 11 is 0. The Hall–Kier alpha value is -3.92. The predicted molar refractivity (Wildman–Crippen MR) is 102 cm³/mol. The summed E-state index contributed by atoms with van der Waals surface area (Å²) in [5.41, 5.74) is 3.51. The van der Waals surface area contributed by atoms with Crippen LogP contribution in [0.2, 0.25) is 0 Å². The van der Waals surface area contributed by atoms with E-state index in [0.717, 1.165) is 6.07 Å². The highest BCUT2D eigenvalue weighted by molar-refractivity contribution is 5.94. The van der Waals surface area contributed by atoms with Crippen LogP contribution < -0.4 is 0 Å². The van der Waals surface area contributed by atoms with E-state index in [1.807, 2.05) is 12.3 Å². The summed E-state index contributed by atoms with van der Waals surface area (Å²) in [5.74, 6) is -2.24. The van der Waals surface area contributed by atoms with Crippen LogP contribution in [0.3, 0.4) is 0 Å². The highest BCUT2D eigenvalue weighted by Gasteiger charge is 2.09. The lowest BCUT2D eigenvalue weighted by Crippen LogP contribution is -2.02. The quantitative estimate of drug-likeness (QED) is 0.719. The molecule has 0 radical (unpaired) electrons. The molecule has 1 aromatic heterocycles. The third-order valence-electron chi connectivity index (χ3n) is 3.79. The van der Waals surface area contributed by atoms with Crippen LogP contribution in [-0.2, 0) is 6.54 Å². The Kier molecular flexibility index (Phi) is 6.66. The molecule has 0 saturated heterocycles. The number of nitriles is 1. The van der Waals surface area contributed by atoms with Gasteiger partial charge in [-0.05, 0) is 49.2 Å². The molecular weight excluding hydrogens is 358 g/mol. The van der Waals surface area contributed by atoms with Gasteiger partial charge < -0.3 is 10.2 Å². The molecule has 142 valence electrons. The molecule has 0 unspecified atom stereocenters. The van der Waals surface area contributed by atoms with Crippen molar-refractivity contribution in [3.63, 3.8) is 0 Å². The van der Waals surface area contributed by atoms with Crippen molar-refractivity contribution in [2.24, 2.45) is 0 Å². The largest absolute Gasteiger partial charge is 0.478 e. The first-order chi connectivity index (χ1) is 13.3. The first-order valence-electron chi connectivity index (χ1n) is 8.36. The van der Waals surface area contributed by atoms with Gasteiger partial charge in [-0.25, -0.2) is 9.59 Å². The molecule has 0 fully saturated rings. The van der Waals surface area contributed by atoms with Gasteiger partial charge in [0.05, 0.1) is 17.7 Å². The normalized spacial score (nSPS) is 9.75. The smallest absolute Gasteiger partial charge is 0.335 e. The van der Waals surface area contributed by atoms with Crippen LogP contribution in [0.25, 0.3) is 0 Å². The average Bonchev–Trinajstić information content (AvgIpc) is 3.11. The fourth-order valence-electron chi connectivity index (χ4n) is 2.42. The molecule has 0 aliphatic carbocycles. The van der Waals surface area contributed by atoms with Crippen molar-refractivity contribution < 1.29 is 19.8 Å². The Morgan fingerprint density at radius 1 is 0.964 bits per heavy atom. The second kappa shape index (κ2) is 9.14. The third kappa shape index (κ3) is 5.81. The van der Waals surface area contributed by atoms with Gasteiger partial charge in [0.25, 0.3) is 0 Å². The highest BCUT2D eigenvalue weighted by atomic mass is 16.4. The van der Waals surface area contributed by atoms with Crippen LogP contribution in [0.15, 0.2) is 54.7 Å². The summed E-state index contributed by atoms with van der Waals surface area (Å²) in [6.07, 6.45) is 1.82. The lowest BCUT2D eigenvalue weighted by molar-refractivity contribution is 0.0696. The van der Waals surface area contributed by atoms with Gasteiger partial charge in [-0.1, -0.05) is 29.8 Å². The number of carboxylic acids is 2. The van der Waals surface area contributed by atoms with Crippen molar-refractivity contribution in [3.8, 4) is 6.07 Å². The lowest BCUT2D eigenvalue weighted by Gasteiger charge is -2.01. The number of carbonyl (C=O) groups is 2. The van der Waals surface area contributed by atoms with E-state index in [1.165, 1.54) is 23.3 Å². The molecule has 2 aromatic carbocycles. The summed E-state index contributed by atoms with van der Waals surface area (Å²) in [5, 5.41) is 30.0. The third-order valence-corrected chi connectivity index (χ3v) is 3.79. The Bertz CT molecular complexity index is 998. The standard InChI is InChI=1S/C12H11N3.C9H8O4/c1-10-2-4-11(5-3-10)9-15-7-6-12(8-13)14-15;1-5-2-6(8(10)11)4-7(3-5)9(12)13/h2-7H,9H2,1H3;2-4H,1H3,(H,10,11)(H,12,13). The summed E-state index contributed by atoms with van der Waals surface area (Å²) < 4.78 is 1.77. The van der Waals surface area contributed by atoms with Crippen molar-refractivity contribution >= 4 is 11.9 Å². The van der Waals surface area contributed by atoms with Gasteiger partial charge >= 0.3 is 11.9 Å². The van der Waals surface area contributed by atoms with Gasteiger partial charge in [0.2, 0.25) is 0 Å². The fourth-order valence-corrected chi connectivity index (χ4v) is 2.42. The van der Waals surface area contributed by atoms with E-state index in [-0.39, 0.29) is 11.1 Å². The van der Waals surface area contributed by atoms with Crippen molar-refractivity contribution in [1.82, 2.24) is 9.78 Å². The summed E-state index contributed by atoms with van der Waals surface area (Å²) in [6, 6.07) is 16.0. The number of aromatic carboxylic acids is 2. The summed E-state index contributed by atoms with van der Waals surface area (Å²) in [6.45, 7) is 4.42. The van der Waals surface area contributed by atoms with Crippen LogP contribution in [0.5, 0.6) is 0 Å². The van der Waals surface area contributed by atoms with Gasteiger partial charge in [-0.3, -0.25) is 4.68 Å². The van der Waals surface area contributed by atoms with E-state index in [0.29, 0.717) is 17.8 Å². The van der Waals surface area contributed by atoms with Crippen molar-refractivity contribution in [2.75, 3.05) is 0 Å². The maximum absolute atomic E-state index is 10.5. The number of carboxylic acid groups (broad SMARTS) is 2. The maximum Gasteiger partial charge on any atom is 0.335 e. The second-order valence-corrected chi connectivity index (χ2v) is 6.19. The number of benzene rings is 2. The molecule has 3 aromatic rings. The summed E-state index contributed by atoms with van der Waals surface area (Å²) in [4.78, 5) is 21.1. The monoisotopic (exact) mass is 377 g/mol. The number of nitrogens with zero attached hydrogens (tertiary/aromatic N) is 3. The van der Waals surface area contributed by atoms with E-state index in [1.54, 1.807) is 17.7 Å². The van der Waals surface area contributed by atoms with Gasteiger partial charge in [-0.2, -0.15) is 10.4 Å². The first kappa shape index (κ1) is 20.4. The zero-order chi connectivity index (χ0) is 20.7. The van der Waals surface area contributed by atoms with Crippen LogP contribution in [0.4, 0.5) is 0 Å². The molecule has 0 aliphatic heterocycles. The molecule has 0 atom stereocenters. The van der Waals surface area contributed by atoms with E-state index in [9.17, 15) is 9.59 Å². The maximum atomic E-state index is 10.5. The van der Waals surface area contributed by atoms with E-state index < -0.39 is 11.9 Å². The first-order valence-corrected chi connectivity index (χ1v) is 8.36. The van der Waals surface area contributed by atoms with Crippen molar-refractivity contribution in [2.45, 2.75) is 20.4 Å². The fraction of sp³-hybridized carbons (Fsp3) is 0.143. The number of hydrogen-bond acceptors (Lipinski definition) is 4. The zero-order valence-corrected chi connectivity index (χ0v) is 15.5. The Morgan fingerprint density at radius 3 is 2.00 bits per heavy atom. The molecule has 7 nitrogen and oxygen atoms in total. The number of rotatable bonds is 4. The van der Waals surface area contributed by atoms with Gasteiger partial charge in [-0.15, -0.1) is 0 Å². The van der Waals surface area contributed by atoms with Crippen molar-refractivity contribution in [1.29, 1.82) is 5.26 Å². The minimum Gasteiger partial charge on any atom is -0.478 e. The summed E-state index contributed by atoms with van der Waals surface area (Å²) in [7, 11) is 0.